The van der Waals surface area contributed by atoms with Gasteiger partial charge in [-0.3, -0.25) is 14.3 Å². The normalized spacial score (nSPS) is 31.7. The molecular formula is C10H14N2O6. The highest BCUT2D eigenvalue weighted by atomic mass is 16.6. The number of H-pyrrole nitrogens is 1. The number of aromatic nitrogens is 2. The van der Waals surface area contributed by atoms with Crippen LogP contribution in [-0.4, -0.2) is 51.8 Å². The van der Waals surface area contributed by atoms with Crippen LogP contribution in [0, 0.1) is 0 Å². The molecule has 2 heterocycles. The third-order valence-corrected chi connectivity index (χ3v) is 2.89. The smallest absolute Gasteiger partial charge is 0.330 e. The van der Waals surface area contributed by atoms with Crippen LogP contribution in [0.15, 0.2) is 21.9 Å². The Hall–Kier alpha value is -1.48. The number of methoxy groups -OCH3 is 1. The first kappa shape index (κ1) is 13.0. The van der Waals surface area contributed by atoms with Crippen molar-refractivity contribution >= 4 is 0 Å². The number of hydrogen-bond acceptors (Lipinski definition) is 6. The Bertz CT molecular complexity index is 524. The lowest BCUT2D eigenvalue weighted by Gasteiger charge is -2.19. The van der Waals surface area contributed by atoms with E-state index in [0.29, 0.717) is 0 Å². The number of aliphatic hydroxyl groups is 2. The molecule has 1 aromatic heterocycles. The maximum Gasteiger partial charge on any atom is 0.330 e. The summed E-state index contributed by atoms with van der Waals surface area (Å²) in [5.74, 6) is 0. The highest BCUT2D eigenvalue weighted by Crippen LogP contribution is 2.29. The number of nitrogens with zero attached hydrogens (tertiary/aromatic N) is 1. The van der Waals surface area contributed by atoms with Crippen LogP contribution in [0.3, 0.4) is 0 Å². The lowest BCUT2D eigenvalue weighted by atomic mass is 10.1. The molecule has 0 unspecified atom stereocenters. The van der Waals surface area contributed by atoms with E-state index < -0.39 is 42.4 Å². The largest absolute Gasteiger partial charge is 0.394 e. The molecule has 1 aromatic rings. The number of hydrogen-bond donors (Lipinski definition) is 3. The predicted octanol–water partition coefficient (Wildman–Crippen LogP) is -2.20. The van der Waals surface area contributed by atoms with Gasteiger partial charge in [0.05, 0.1) is 6.61 Å². The van der Waals surface area contributed by atoms with Crippen molar-refractivity contribution in [3.05, 3.63) is 33.1 Å². The fraction of sp³-hybridized carbons (Fsp3) is 0.600. The molecule has 0 amide bonds. The summed E-state index contributed by atoms with van der Waals surface area (Å²) in [6.07, 6.45) is -2.33. The van der Waals surface area contributed by atoms with E-state index in [9.17, 15) is 14.7 Å². The van der Waals surface area contributed by atoms with Crippen LogP contribution in [0.25, 0.3) is 0 Å². The van der Waals surface area contributed by atoms with Crippen molar-refractivity contribution in [2.45, 2.75) is 24.5 Å². The number of ether oxygens (including phenoxy) is 2. The molecule has 0 bridgehead atoms. The summed E-state index contributed by atoms with van der Waals surface area (Å²) in [5, 5.41) is 18.9. The van der Waals surface area contributed by atoms with E-state index in [1.54, 1.807) is 0 Å². The van der Waals surface area contributed by atoms with E-state index in [1.165, 1.54) is 13.3 Å². The van der Waals surface area contributed by atoms with Gasteiger partial charge in [0.25, 0.3) is 5.56 Å². The molecular weight excluding hydrogens is 244 g/mol. The minimum absolute atomic E-state index is 0.393. The van der Waals surface area contributed by atoms with Gasteiger partial charge < -0.3 is 19.7 Å². The van der Waals surface area contributed by atoms with Crippen LogP contribution in [0.5, 0.6) is 0 Å². The first-order valence-electron chi connectivity index (χ1n) is 5.37. The fourth-order valence-corrected chi connectivity index (χ4v) is 1.98. The van der Waals surface area contributed by atoms with Crippen molar-refractivity contribution in [2.75, 3.05) is 13.7 Å². The summed E-state index contributed by atoms with van der Waals surface area (Å²) in [7, 11) is 1.36. The third kappa shape index (κ3) is 2.10. The van der Waals surface area contributed by atoms with Crippen molar-refractivity contribution in [2.24, 2.45) is 0 Å². The summed E-state index contributed by atoms with van der Waals surface area (Å²) in [6, 6.07) is 1.16. The quantitative estimate of drug-likeness (QED) is 0.567. The van der Waals surface area contributed by atoms with Gasteiger partial charge >= 0.3 is 5.69 Å². The number of nitrogens with one attached hydrogen (secondary N) is 1. The lowest BCUT2D eigenvalue weighted by Crippen LogP contribution is -2.38. The minimum atomic E-state index is -1.05. The molecule has 4 atom stereocenters. The minimum Gasteiger partial charge on any atom is -0.394 e. The molecule has 1 fully saturated rings. The maximum atomic E-state index is 11.6. The second-order valence-electron chi connectivity index (χ2n) is 3.96. The van der Waals surface area contributed by atoms with E-state index in [2.05, 4.69) is 4.98 Å². The van der Waals surface area contributed by atoms with Crippen molar-refractivity contribution in [3.63, 3.8) is 0 Å². The van der Waals surface area contributed by atoms with Crippen molar-refractivity contribution < 1.29 is 19.7 Å². The van der Waals surface area contributed by atoms with E-state index >= 15 is 0 Å². The monoisotopic (exact) mass is 258 g/mol. The maximum absolute atomic E-state index is 11.6. The molecule has 3 N–H and O–H groups in total. The van der Waals surface area contributed by atoms with E-state index in [4.69, 9.17) is 14.6 Å². The zero-order valence-corrected chi connectivity index (χ0v) is 9.65. The van der Waals surface area contributed by atoms with Crippen LogP contribution < -0.4 is 11.2 Å². The zero-order valence-electron chi connectivity index (χ0n) is 9.65. The topological polar surface area (TPSA) is 114 Å². The fourth-order valence-electron chi connectivity index (χ4n) is 1.98. The van der Waals surface area contributed by atoms with E-state index in [1.807, 2.05) is 0 Å². The highest BCUT2D eigenvalue weighted by molar-refractivity contribution is 4.93. The Morgan fingerprint density at radius 1 is 1.56 bits per heavy atom. The van der Waals surface area contributed by atoms with Crippen LogP contribution in [0.2, 0.25) is 0 Å². The number of aliphatic hydroxyl groups excluding tert-OH is 2. The lowest BCUT2D eigenvalue weighted by molar-refractivity contribution is -0.0625. The molecule has 1 saturated heterocycles. The molecule has 0 radical (unpaired) electrons. The summed E-state index contributed by atoms with van der Waals surface area (Å²) in [6.45, 7) is -0.393. The molecule has 1 aliphatic rings. The van der Waals surface area contributed by atoms with Gasteiger partial charge in [0.1, 0.15) is 18.3 Å². The van der Waals surface area contributed by atoms with E-state index in [-0.39, 0.29) is 0 Å². The van der Waals surface area contributed by atoms with Gasteiger partial charge in [-0.1, -0.05) is 0 Å². The molecule has 8 heteroatoms. The van der Waals surface area contributed by atoms with Crippen LogP contribution in [0.4, 0.5) is 0 Å². The average Bonchev–Trinajstić information content (AvgIpc) is 2.65. The van der Waals surface area contributed by atoms with Gasteiger partial charge in [0, 0.05) is 19.4 Å². The second-order valence-corrected chi connectivity index (χ2v) is 3.96. The highest BCUT2D eigenvalue weighted by Gasteiger charge is 2.45. The Kier molecular flexibility index (Phi) is 3.62. The standard InChI is InChI=1S/C10H14N2O6/c1-17-8-7(15)5(4-13)18-9(8)12-3-2-6(14)11-10(12)16/h2-3,5,7-9,13,15H,4H2,1H3,(H,11,14,16)/t5-,7+,8-,9+/m1/s1. The van der Waals surface area contributed by atoms with Gasteiger partial charge in [-0.25, -0.2) is 4.79 Å². The third-order valence-electron chi connectivity index (χ3n) is 2.89. The number of aromatic amines is 1. The Morgan fingerprint density at radius 3 is 2.83 bits per heavy atom. The molecule has 0 saturated carbocycles. The summed E-state index contributed by atoms with van der Waals surface area (Å²) in [4.78, 5) is 24.7. The molecule has 100 valence electrons. The van der Waals surface area contributed by atoms with Gasteiger partial charge in [0.15, 0.2) is 6.23 Å². The Morgan fingerprint density at radius 2 is 2.28 bits per heavy atom. The molecule has 2 rings (SSSR count). The van der Waals surface area contributed by atoms with Crippen LogP contribution in [-0.2, 0) is 9.47 Å². The molecule has 0 aliphatic carbocycles. The van der Waals surface area contributed by atoms with Crippen molar-refractivity contribution in [1.29, 1.82) is 0 Å². The Balaban J connectivity index is 2.38. The molecule has 1 aliphatic heterocycles. The molecule has 0 spiro atoms. The van der Waals surface area contributed by atoms with Gasteiger partial charge in [-0.05, 0) is 0 Å². The second kappa shape index (κ2) is 5.02. The SMILES string of the molecule is CO[C@@H]1[C@@H](O)[C@@H](CO)O[C@@H]1n1ccc(=O)[nH]c1=O. The number of rotatable bonds is 3. The average molecular weight is 258 g/mol. The zero-order chi connectivity index (χ0) is 13.3. The summed E-state index contributed by atoms with van der Waals surface area (Å²) >= 11 is 0. The van der Waals surface area contributed by atoms with Crippen LogP contribution >= 0.6 is 0 Å². The van der Waals surface area contributed by atoms with Crippen molar-refractivity contribution in [1.82, 2.24) is 9.55 Å². The predicted molar refractivity (Wildman–Crippen MR) is 59.1 cm³/mol. The molecule has 8 nitrogen and oxygen atoms in total. The van der Waals surface area contributed by atoms with E-state index in [0.717, 1.165) is 10.6 Å². The van der Waals surface area contributed by atoms with Crippen molar-refractivity contribution in [3.8, 4) is 0 Å². The van der Waals surface area contributed by atoms with Gasteiger partial charge in [-0.15, -0.1) is 0 Å². The first-order valence-corrected chi connectivity index (χ1v) is 5.37. The first-order chi connectivity index (χ1) is 8.58. The Labute approximate surface area is 101 Å². The summed E-state index contributed by atoms with van der Waals surface area (Å²) in [5.41, 5.74) is -1.19. The summed E-state index contributed by atoms with van der Waals surface area (Å²) < 4.78 is 11.5. The van der Waals surface area contributed by atoms with Gasteiger partial charge in [-0.2, -0.15) is 0 Å². The van der Waals surface area contributed by atoms with Crippen LogP contribution in [0.1, 0.15) is 6.23 Å². The molecule has 0 aromatic carbocycles. The van der Waals surface area contributed by atoms with Gasteiger partial charge in [0.2, 0.25) is 0 Å². The molecule has 18 heavy (non-hydrogen) atoms.